The van der Waals surface area contributed by atoms with Crippen LogP contribution in [0.2, 0.25) is 0 Å². The first-order valence-corrected chi connectivity index (χ1v) is 7.74. The summed E-state index contributed by atoms with van der Waals surface area (Å²) >= 11 is 3.54. The van der Waals surface area contributed by atoms with E-state index in [0.717, 1.165) is 23.7 Å². The van der Waals surface area contributed by atoms with E-state index in [-0.39, 0.29) is 5.82 Å². The van der Waals surface area contributed by atoms with Crippen molar-refractivity contribution in [2.45, 2.75) is 18.4 Å². The van der Waals surface area contributed by atoms with Crippen molar-refractivity contribution < 1.29 is 4.39 Å². The van der Waals surface area contributed by atoms with Crippen LogP contribution in [0.1, 0.15) is 10.4 Å². The van der Waals surface area contributed by atoms with Gasteiger partial charge in [-0.1, -0.05) is 0 Å². The van der Waals surface area contributed by atoms with E-state index in [1.807, 2.05) is 12.1 Å². The Balaban J connectivity index is 1.64. The van der Waals surface area contributed by atoms with Gasteiger partial charge in [-0.3, -0.25) is 0 Å². The van der Waals surface area contributed by atoms with Crippen LogP contribution in [0, 0.1) is 12.7 Å². The molecular weight excluding hydrogens is 265 g/mol. The zero-order valence-electron chi connectivity index (χ0n) is 10.3. The van der Waals surface area contributed by atoms with Crippen molar-refractivity contribution in [3.05, 3.63) is 52.0 Å². The van der Waals surface area contributed by atoms with Gasteiger partial charge in [0.1, 0.15) is 5.82 Å². The lowest BCUT2D eigenvalue weighted by molar-refractivity contribution is 0.626. The molecule has 0 aliphatic rings. The van der Waals surface area contributed by atoms with E-state index in [1.54, 1.807) is 23.1 Å². The van der Waals surface area contributed by atoms with E-state index in [2.05, 4.69) is 23.7 Å². The number of aryl methyl sites for hydroxylation is 1. The molecule has 1 aromatic heterocycles. The third-order valence-electron chi connectivity index (χ3n) is 2.61. The Morgan fingerprint density at radius 3 is 2.67 bits per heavy atom. The molecule has 0 aliphatic heterocycles. The van der Waals surface area contributed by atoms with Gasteiger partial charge in [0.25, 0.3) is 0 Å². The molecule has 0 aliphatic carbocycles. The first-order valence-electron chi connectivity index (χ1n) is 5.88. The molecule has 96 valence electrons. The van der Waals surface area contributed by atoms with Gasteiger partial charge in [0.2, 0.25) is 0 Å². The van der Waals surface area contributed by atoms with Crippen LogP contribution in [-0.2, 0) is 6.54 Å². The van der Waals surface area contributed by atoms with E-state index in [4.69, 9.17) is 0 Å². The molecule has 0 fully saturated rings. The standard InChI is InChI=1S/C14H16FNS2/c1-11-6-8-18-14(11)10-16-7-9-17-13-4-2-12(15)3-5-13/h2-6,8,16H,7,9-10H2,1H3. The van der Waals surface area contributed by atoms with Crippen molar-refractivity contribution in [3.63, 3.8) is 0 Å². The monoisotopic (exact) mass is 281 g/mol. The summed E-state index contributed by atoms with van der Waals surface area (Å²) in [5.74, 6) is 0.821. The van der Waals surface area contributed by atoms with Gasteiger partial charge in [0.05, 0.1) is 0 Å². The molecule has 1 nitrogen and oxygen atoms in total. The molecule has 1 N–H and O–H groups in total. The Morgan fingerprint density at radius 2 is 2.00 bits per heavy atom. The zero-order valence-corrected chi connectivity index (χ0v) is 11.9. The molecule has 0 unspecified atom stereocenters. The maximum atomic E-state index is 12.7. The van der Waals surface area contributed by atoms with Crippen molar-refractivity contribution in [1.82, 2.24) is 5.32 Å². The molecule has 0 amide bonds. The third-order valence-corrected chi connectivity index (χ3v) is 4.65. The normalized spacial score (nSPS) is 10.8. The minimum absolute atomic E-state index is 0.175. The molecule has 1 heterocycles. The number of nitrogens with one attached hydrogen (secondary N) is 1. The van der Waals surface area contributed by atoms with Crippen LogP contribution in [0.4, 0.5) is 4.39 Å². The van der Waals surface area contributed by atoms with Gasteiger partial charge in [0.15, 0.2) is 0 Å². The smallest absolute Gasteiger partial charge is 0.123 e. The second-order valence-electron chi connectivity index (χ2n) is 4.01. The molecule has 0 saturated heterocycles. The summed E-state index contributed by atoms with van der Waals surface area (Å²) in [4.78, 5) is 2.52. The van der Waals surface area contributed by atoms with Crippen LogP contribution < -0.4 is 5.32 Å². The molecule has 0 bridgehead atoms. The maximum absolute atomic E-state index is 12.7. The van der Waals surface area contributed by atoms with Crippen LogP contribution in [-0.4, -0.2) is 12.3 Å². The van der Waals surface area contributed by atoms with Gasteiger partial charge in [-0.15, -0.1) is 23.1 Å². The largest absolute Gasteiger partial charge is 0.311 e. The summed E-state index contributed by atoms with van der Waals surface area (Å²) in [6.45, 7) is 4.04. The lowest BCUT2D eigenvalue weighted by atomic mass is 10.3. The van der Waals surface area contributed by atoms with Crippen LogP contribution >= 0.6 is 23.1 Å². The lowest BCUT2D eigenvalue weighted by Crippen LogP contribution is -2.16. The quantitative estimate of drug-likeness (QED) is 0.632. The topological polar surface area (TPSA) is 12.0 Å². The summed E-state index contributed by atoms with van der Waals surface area (Å²) in [7, 11) is 0. The second-order valence-corrected chi connectivity index (χ2v) is 6.17. The number of thioether (sulfide) groups is 1. The van der Waals surface area contributed by atoms with Gasteiger partial charge in [-0.25, -0.2) is 4.39 Å². The fraction of sp³-hybridized carbons (Fsp3) is 0.286. The molecule has 2 aromatic rings. The summed E-state index contributed by atoms with van der Waals surface area (Å²) < 4.78 is 12.7. The van der Waals surface area contributed by atoms with Gasteiger partial charge in [-0.05, 0) is 48.2 Å². The molecule has 2 rings (SSSR count). The van der Waals surface area contributed by atoms with E-state index in [1.165, 1.54) is 22.6 Å². The highest BCUT2D eigenvalue weighted by Gasteiger charge is 1.99. The predicted octanol–water partition coefficient (Wildman–Crippen LogP) is 4.08. The first kappa shape index (κ1) is 13.6. The van der Waals surface area contributed by atoms with Crippen LogP contribution in [0.25, 0.3) is 0 Å². The summed E-state index contributed by atoms with van der Waals surface area (Å²) in [6, 6.07) is 8.80. The average molecular weight is 281 g/mol. The van der Waals surface area contributed by atoms with Crippen LogP contribution in [0.15, 0.2) is 40.6 Å². The number of benzene rings is 1. The highest BCUT2D eigenvalue weighted by Crippen LogP contribution is 2.18. The molecule has 0 saturated carbocycles. The predicted molar refractivity (Wildman–Crippen MR) is 77.9 cm³/mol. The Bertz CT molecular complexity index is 479. The van der Waals surface area contributed by atoms with E-state index < -0.39 is 0 Å². The van der Waals surface area contributed by atoms with Crippen molar-refractivity contribution in [2.24, 2.45) is 0 Å². The number of hydrogen-bond donors (Lipinski definition) is 1. The lowest BCUT2D eigenvalue weighted by Gasteiger charge is -2.04. The van der Waals surface area contributed by atoms with Crippen molar-refractivity contribution >= 4 is 23.1 Å². The van der Waals surface area contributed by atoms with E-state index in [9.17, 15) is 4.39 Å². The van der Waals surface area contributed by atoms with Gasteiger partial charge >= 0.3 is 0 Å². The Morgan fingerprint density at radius 1 is 1.22 bits per heavy atom. The third kappa shape index (κ3) is 4.12. The molecule has 1 aromatic carbocycles. The number of rotatable bonds is 6. The fourth-order valence-electron chi connectivity index (χ4n) is 1.56. The van der Waals surface area contributed by atoms with Gasteiger partial charge in [0, 0.05) is 28.6 Å². The van der Waals surface area contributed by atoms with Crippen molar-refractivity contribution in [3.8, 4) is 0 Å². The minimum atomic E-state index is -0.175. The number of halogens is 1. The minimum Gasteiger partial charge on any atom is -0.311 e. The highest BCUT2D eigenvalue weighted by molar-refractivity contribution is 7.99. The highest BCUT2D eigenvalue weighted by atomic mass is 32.2. The van der Waals surface area contributed by atoms with Gasteiger partial charge < -0.3 is 5.32 Å². The zero-order chi connectivity index (χ0) is 12.8. The second kappa shape index (κ2) is 6.92. The molecular formula is C14H16FNS2. The maximum Gasteiger partial charge on any atom is 0.123 e. The van der Waals surface area contributed by atoms with Gasteiger partial charge in [-0.2, -0.15) is 0 Å². The average Bonchev–Trinajstić information content (AvgIpc) is 2.77. The molecule has 0 radical (unpaired) electrons. The fourth-order valence-corrected chi connectivity index (χ4v) is 3.25. The Labute approximate surface area is 115 Å². The summed E-state index contributed by atoms with van der Waals surface area (Å²) in [5.41, 5.74) is 1.36. The molecule has 4 heteroatoms. The number of thiophene rings is 1. The van der Waals surface area contributed by atoms with Crippen molar-refractivity contribution in [1.29, 1.82) is 0 Å². The van der Waals surface area contributed by atoms with E-state index in [0.29, 0.717) is 0 Å². The van der Waals surface area contributed by atoms with Crippen molar-refractivity contribution in [2.75, 3.05) is 12.3 Å². The molecule has 18 heavy (non-hydrogen) atoms. The summed E-state index contributed by atoms with van der Waals surface area (Å²) in [6.07, 6.45) is 0. The Hall–Kier alpha value is -0.840. The molecule has 0 atom stereocenters. The van der Waals surface area contributed by atoms with E-state index >= 15 is 0 Å². The Kier molecular flexibility index (Phi) is 5.23. The molecule has 0 spiro atoms. The number of hydrogen-bond acceptors (Lipinski definition) is 3. The summed E-state index contributed by atoms with van der Waals surface area (Å²) in [5, 5.41) is 5.55. The van der Waals surface area contributed by atoms with Crippen LogP contribution in [0.5, 0.6) is 0 Å². The van der Waals surface area contributed by atoms with Crippen LogP contribution in [0.3, 0.4) is 0 Å². The SMILES string of the molecule is Cc1ccsc1CNCCSc1ccc(F)cc1. The first-order chi connectivity index (χ1) is 8.75.